The van der Waals surface area contributed by atoms with E-state index in [1.54, 1.807) is 0 Å². The number of benzene rings is 3. The van der Waals surface area contributed by atoms with Crippen molar-refractivity contribution in [2.24, 2.45) is 7.05 Å². The van der Waals surface area contributed by atoms with Gasteiger partial charge in [0.25, 0.3) is 0 Å². The van der Waals surface area contributed by atoms with Crippen LogP contribution in [0.15, 0.2) is 71.3 Å². The first-order valence-electron chi connectivity index (χ1n) is 11.5. The maximum absolute atomic E-state index is 6.07. The second kappa shape index (κ2) is 9.57. The molecule has 0 saturated carbocycles. The van der Waals surface area contributed by atoms with Crippen LogP contribution in [0.25, 0.3) is 10.9 Å². The zero-order valence-electron chi connectivity index (χ0n) is 19.2. The molecular weight excluding hydrogens is 476 g/mol. The molecule has 0 spiro atoms. The Balaban J connectivity index is 1.14. The second-order valence-electron chi connectivity index (χ2n) is 8.67. The minimum atomic E-state index is 0.873. The molecule has 0 aliphatic carbocycles. The minimum absolute atomic E-state index is 0.873. The highest BCUT2D eigenvalue weighted by Crippen LogP contribution is 2.30. The maximum atomic E-state index is 6.07. The van der Waals surface area contributed by atoms with Gasteiger partial charge in [0, 0.05) is 55.2 Å². The zero-order chi connectivity index (χ0) is 22.8. The second-order valence-corrected chi connectivity index (χ2v) is 9.53. The number of hydrogen-bond acceptors (Lipinski definition) is 4. The first-order valence-corrected chi connectivity index (χ1v) is 12.3. The fourth-order valence-corrected chi connectivity index (χ4v) is 4.86. The molecule has 1 saturated heterocycles. The van der Waals surface area contributed by atoms with Crippen molar-refractivity contribution < 1.29 is 4.74 Å². The summed E-state index contributed by atoms with van der Waals surface area (Å²) in [4.78, 5) is 5.06. The van der Waals surface area contributed by atoms with Gasteiger partial charge in [0.1, 0.15) is 11.5 Å². The number of piperazine rings is 1. The van der Waals surface area contributed by atoms with Crippen molar-refractivity contribution >= 4 is 32.5 Å². The van der Waals surface area contributed by atoms with E-state index in [-0.39, 0.29) is 0 Å². The smallest absolute Gasteiger partial charge is 0.131 e. The van der Waals surface area contributed by atoms with E-state index in [2.05, 4.69) is 80.2 Å². The molecular formula is C27H29BrN4O. The average Bonchev–Trinajstić information content (AvgIpc) is 3.23. The van der Waals surface area contributed by atoms with Gasteiger partial charge in [-0.3, -0.25) is 9.58 Å². The van der Waals surface area contributed by atoms with E-state index >= 15 is 0 Å². The van der Waals surface area contributed by atoms with Crippen LogP contribution in [-0.4, -0.2) is 47.4 Å². The van der Waals surface area contributed by atoms with E-state index in [9.17, 15) is 0 Å². The Bertz CT molecular complexity index is 1240. The third-order valence-electron chi connectivity index (χ3n) is 6.54. The molecule has 0 unspecified atom stereocenters. The van der Waals surface area contributed by atoms with Crippen LogP contribution in [0.3, 0.4) is 0 Å². The van der Waals surface area contributed by atoms with Crippen LogP contribution >= 0.6 is 15.9 Å². The van der Waals surface area contributed by atoms with Crippen LogP contribution in [0.2, 0.25) is 0 Å². The van der Waals surface area contributed by atoms with Crippen molar-refractivity contribution in [3.8, 4) is 11.5 Å². The van der Waals surface area contributed by atoms with Crippen LogP contribution in [0.1, 0.15) is 11.1 Å². The zero-order valence-corrected chi connectivity index (χ0v) is 20.8. The Hall–Kier alpha value is -2.83. The molecule has 33 heavy (non-hydrogen) atoms. The lowest BCUT2D eigenvalue weighted by molar-refractivity contribution is 0.261. The Morgan fingerprint density at radius 1 is 0.939 bits per heavy atom. The van der Waals surface area contributed by atoms with Gasteiger partial charge < -0.3 is 9.64 Å². The molecule has 6 heteroatoms. The Morgan fingerprint density at radius 2 is 1.70 bits per heavy atom. The van der Waals surface area contributed by atoms with Crippen LogP contribution < -0.4 is 9.64 Å². The monoisotopic (exact) mass is 504 g/mol. The highest BCUT2D eigenvalue weighted by atomic mass is 79.9. The van der Waals surface area contributed by atoms with Gasteiger partial charge in [-0.15, -0.1) is 0 Å². The quantitative estimate of drug-likeness (QED) is 0.332. The molecule has 5 rings (SSSR count). The third-order valence-corrected chi connectivity index (χ3v) is 7.40. The first-order chi connectivity index (χ1) is 16.1. The van der Waals surface area contributed by atoms with Crippen LogP contribution in [0.5, 0.6) is 11.5 Å². The number of fused-ring (bicyclic) bond motifs is 1. The number of aromatic nitrogens is 2. The Kier molecular flexibility index (Phi) is 6.38. The van der Waals surface area contributed by atoms with Gasteiger partial charge in [0.15, 0.2) is 0 Å². The summed E-state index contributed by atoms with van der Waals surface area (Å²) in [6.07, 6.45) is 3.00. The number of hydrogen-bond donors (Lipinski definition) is 0. The van der Waals surface area contributed by atoms with Crippen LogP contribution in [0.4, 0.5) is 5.69 Å². The van der Waals surface area contributed by atoms with E-state index in [0.29, 0.717) is 0 Å². The Labute approximate surface area is 203 Å². The van der Waals surface area contributed by atoms with Crippen LogP contribution in [-0.2, 0) is 13.5 Å². The van der Waals surface area contributed by atoms with Crippen molar-refractivity contribution in [1.82, 2.24) is 14.7 Å². The minimum Gasteiger partial charge on any atom is -0.457 e. The highest BCUT2D eigenvalue weighted by molar-refractivity contribution is 9.10. The molecule has 2 heterocycles. The number of rotatable bonds is 6. The van der Waals surface area contributed by atoms with Crippen molar-refractivity contribution in [2.75, 3.05) is 37.6 Å². The fourth-order valence-electron chi connectivity index (χ4n) is 4.52. The topological polar surface area (TPSA) is 33.5 Å². The lowest BCUT2D eigenvalue weighted by atomic mass is 10.1. The van der Waals surface area contributed by atoms with Gasteiger partial charge >= 0.3 is 0 Å². The molecule has 1 aromatic heterocycles. The van der Waals surface area contributed by atoms with E-state index in [0.717, 1.165) is 60.7 Å². The molecule has 3 aromatic carbocycles. The summed E-state index contributed by atoms with van der Waals surface area (Å²) in [6.45, 7) is 7.39. The number of ether oxygens (including phenoxy) is 1. The van der Waals surface area contributed by atoms with Gasteiger partial charge in [0.2, 0.25) is 0 Å². The van der Waals surface area contributed by atoms with Crippen molar-refractivity contribution in [3.05, 3.63) is 82.5 Å². The normalized spacial score (nSPS) is 14.7. The summed E-state index contributed by atoms with van der Waals surface area (Å²) in [5.41, 5.74) is 4.98. The highest BCUT2D eigenvalue weighted by Gasteiger charge is 2.19. The molecule has 0 N–H and O–H groups in total. The number of para-hydroxylation sites is 1. The predicted molar refractivity (Wildman–Crippen MR) is 138 cm³/mol. The lowest BCUT2D eigenvalue weighted by Crippen LogP contribution is -2.47. The molecule has 1 aliphatic rings. The van der Waals surface area contributed by atoms with Gasteiger partial charge in [0.05, 0.1) is 17.4 Å². The van der Waals surface area contributed by atoms with Gasteiger partial charge in [-0.2, -0.15) is 5.10 Å². The number of aryl methyl sites for hydroxylation is 1. The average molecular weight is 505 g/mol. The van der Waals surface area contributed by atoms with E-state index < -0.39 is 0 Å². The molecule has 4 aromatic rings. The lowest BCUT2D eigenvalue weighted by Gasteiger charge is -2.36. The number of halogens is 1. The van der Waals surface area contributed by atoms with E-state index in [1.807, 2.05) is 36.1 Å². The van der Waals surface area contributed by atoms with Crippen molar-refractivity contribution in [3.63, 3.8) is 0 Å². The predicted octanol–water partition coefficient (Wildman–Crippen LogP) is 5.80. The fraction of sp³-hybridized carbons (Fsp3) is 0.296. The first kappa shape index (κ1) is 22.0. The molecule has 0 amide bonds. The molecule has 1 fully saturated rings. The van der Waals surface area contributed by atoms with Crippen molar-refractivity contribution in [2.45, 2.75) is 13.3 Å². The summed E-state index contributed by atoms with van der Waals surface area (Å²) >= 11 is 3.57. The standard InChI is InChI=1S/C27H29BrN4O/c1-20-24(28)6-4-8-26(20)33-23-11-9-21(10-12-23)13-14-31-15-17-32(18-16-31)25-7-3-5-22-19-29-30(2)27(22)25/h3-12,19H,13-18H2,1-2H3. The summed E-state index contributed by atoms with van der Waals surface area (Å²) in [5.74, 6) is 1.76. The van der Waals surface area contributed by atoms with Crippen LogP contribution in [0, 0.1) is 6.92 Å². The number of nitrogens with zero attached hydrogens (tertiary/aromatic N) is 4. The third kappa shape index (κ3) is 4.77. The van der Waals surface area contributed by atoms with E-state index in [1.165, 1.54) is 22.2 Å². The molecule has 5 nitrogen and oxygen atoms in total. The largest absolute Gasteiger partial charge is 0.457 e. The van der Waals surface area contributed by atoms with Gasteiger partial charge in [-0.1, -0.05) is 46.3 Å². The summed E-state index contributed by atoms with van der Waals surface area (Å²) in [6, 6.07) is 21.0. The molecule has 0 bridgehead atoms. The molecule has 0 atom stereocenters. The Morgan fingerprint density at radius 3 is 2.48 bits per heavy atom. The van der Waals surface area contributed by atoms with E-state index in [4.69, 9.17) is 4.74 Å². The molecule has 170 valence electrons. The van der Waals surface area contributed by atoms with Gasteiger partial charge in [-0.25, -0.2) is 0 Å². The summed E-state index contributed by atoms with van der Waals surface area (Å²) in [7, 11) is 2.03. The number of anilines is 1. The summed E-state index contributed by atoms with van der Waals surface area (Å²) in [5, 5.41) is 5.64. The SMILES string of the molecule is Cc1c(Br)cccc1Oc1ccc(CCN2CCN(c3cccc4cnn(C)c34)CC2)cc1. The molecule has 1 aliphatic heterocycles. The molecule has 0 radical (unpaired) electrons. The van der Waals surface area contributed by atoms with Gasteiger partial charge in [-0.05, 0) is 49.2 Å². The summed E-state index contributed by atoms with van der Waals surface area (Å²) < 4.78 is 9.13. The van der Waals surface area contributed by atoms with Crippen molar-refractivity contribution in [1.29, 1.82) is 0 Å². The maximum Gasteiger partial charge on any atom is 0.131 e.